The molecule has 96 valence electrons. The van der Waals surface area contributed by atoms with Gasteiger partial charge in [0.1, 0.15) is 0 Å². The summed E-state index contributed by atoms with van der Waals surface area (Å²) < 4.78 is 5.35. The lowest BCUT2D eigenvalue weighted by Gasteiger charge is -2.31. The molecule has 1 amide bonds. The monoisotopic (exact) mass is 246 g/mol. The summed E-state index contributed by atoms with van der Waals surface area (Å²) in [5.74, 6) is -0.0741. The molecular formula is C14H18N2O2. The Morgan fingerprint density at radius 2 is 2.06 bits per heavy atom. The molecule has 18 heavy (non-hydrogen) atoms. The van der Waals surface area contributed by atoms with Crippen LogP contribution in [0.25, 0.3) is 0 Å². The Kier molecular flexibility index (Phi) is 3.48. The van der Waals surface area contributed by atoms with Gasteiger partial charge in [-0.1, -0.05) is 30.3 Å². The van der Waals surface area contributed by atoms with Crippen molar-refractivity contribution in [1.29, 1.82) is 0 Å². The van der Waals surface area contributed by atoms with E-state index in [0.29, 0.717) is 6.54 Å². The van der Waals surface area contributed by atoms with Gasteiger partial charge in [0.25, 0.3) is 5.91 Å². The molecular weight excluding hydrogens is 228 g/mol. The standard InChI is InChI=1S/C14H18N2O2/c1-14(2)9-15-10-16(14)13(17)12(18-3)11-7-5-4-6-8-11/h4-8,10,12H,9H2,1-3H3. The first kappa shape index (κ1) is 12.8. The fraction of sp³-hybridized carbons (Fsp3) is 0.429. The van der Waals surface area contributed by atoms with Crippen LogP contribution in [0.2, 0.25) is 0 Å². The second-order valence-electron chi connectivity index (χ2n) is 5.00. The van der Waals surface area contributed by atoms with Gasteiger partial charge in [0.2, 0.25) is 0 Å². The molecule has 1 unspecified atom stereocenters. The minimum absolute atomic E-state index is 0.0741. The number of benzene rings is 1. The van der Waals surface area contributed by atoms with Gasteiger partial charge in [-0.2, -0.15) is 0 Å². The zero-order valence-corrected chi connectivity index (χ0v) is 11.0. The van der Waals surface area contributed by atoms with Gasteiger partial charge in [-0.05, 0) is 19.4 Å². The van der Waals surface area contributed by atoms with Crippen LogP contribution in [0.3, 0.4) is 0 Å². The Balaban J connectivity index is 2.24. The predicted octanol–water partition coefficient (Wildman–Crippen LogP) is 2.02. The summed E-state index contributed by atoms with van der Waals surface area (Å²) in [7, 11) is 1.55. The van der Waals surface area contributed by atoms with Crippen LogP contribution in [0, 0.1) is 0 Å². The average Bonchev–Trinajstić information content (AvgIpc) is 2.71. The third kappa shape index (κ3) is 2.29. The van der Waals surface area contributed by atoms with E-state index < -0.39 is 6.10 Å². The van der Waals surface area contributed by atoms with Crippen molar-refractivity contribution in [3.63, 3.8) is 0 Å². The van der Waals surface area contributed by atoms with Gasteiger partial charge < -0.3 is 4.74 Å². The Bertz CT molecular complexity index is 454. The van der Waals surface area contributed by atoms with E-state index in [4.69, 9.17) is 4.74 Å². The molecule has 0 N–H and O–H groups in total. The summed E-state index contributed by atoms with van der Waals surface area (Å²) >= 11 is 0. The molecule has 1 heterocycles. The Hall–Kier alpha value is -1.68. The molecule has 1 aromatic carbocycles. The Morgan fingerprint density at radius 1 is 1.39 bits per heavy atom. The fourth-order valence-electron chi connectivity index (χ4n) is 2.07. The third-order valence-corrected chi connectivity index (χ3v) is 3.13. The van der Waals surface area contributed by atoms with E-state index in [2.05, 4.69) is 4.99 Å². The molecule has 1 aliphatic heterocycles. The van der Waals surface area contributed by atoms with Crippen molar-refractivity contribution in [2.45, 2.75) is 25.5 Å². The summed E-state index contributed by atoms with van der Waals surface area (Å²) in [4.78, 5) is 18.3. The largest absolute Gasteiger partial charge is 0.367 e. The van der Waals surface area contributed by atoms with Gasteiger partial charge in [0, 0.05) is 7.11 Å². The Morgan fingerprint density at radius 3 is 2.56 bits per heavy atom. The molecule has 0 aliphatic carbocycles. The van der Waals surface area contributed by atoms with Crippen molar-refractivity contribution < 1.29 is 9.53 Å². The van der Waals surface area contributed by atoms with Crippen LogP contribution in [0.5, 0.6) is 0 Å². The molecule has 0 aromatic heterocycles. The number of amides is 1. The highest BCUT2D eigenvalue weighted by molar-refractivity contribution is 5.93. The van der Waals surface area contributed by atoms with Crippen LogP contribution >= 0.6 is 0 Å². The summed E-state index contributed by atoms with van der Waals surface area (Å²) in [5, 5.41) is 0. The molecule has 1 aromatic rings. The maximum Gasteiger partial charge on any atom is 0.261 e. The number of ether oxygens (including phenoxy) is 1. The van der Waals surface area contributed by atoms with Gasteiger partial charge in [0.05, 0.1) is 18.4 Å². The van der Waals surface area contributed by atoms with Gasteiger partial charge in [-0.3, -0.25) is 14.7 Å². The highest BCUT2D eigenvalue weighted by Gasteiger charge is 2.37. The highest BCUT2D eigenvalue weighted by Crippen LogP contribution is 2.25. The zero-order valence-electron chi connectivity index (χ0n) is 11.0. The molecule has 4 heteroatoms. The molecule has 0 fully saturated rings. The van der Waals surface area contributed by atoms with E-state index in [1.165, 1.54) is 0 Å². The van der Waals surface area contributed by atoms with Crippen LogP contribution in [0.1, 0.15) is 25.5 Å². The molecule has 2 rings (SSSR count). The molecule has 0 radical (unpaired) electrons. The second kappa shape index (κ2) is 4.90. The SMILES string of the molecule is COC(C(=O)N1C=NCC1(C)C)c1ccccc1. The molecule has 0 bridgehead atoms. The second-order valence-corrected chi connectivity index (χ2v) is 5.00. The first-order valence-electron chi connectivity index (χ1n) is 5.97. The lowest BCUT2D eigenvalue weighted by atomic mass is 10.0. The topological polar surface area (TPSA) is 41.9 Å². The van der Waals surface area contributed by atoms with Crippen molar-refractivity contribution in [1.82, 2.24) is 4.90 Å². The minimum atomic E-state index is -0.574. The number of rotatable bonds is 3. The molecule has 1 atom stereocenters. The van der Waals surface area contributed by atoms with Crippen molar-refractivity contribution in [2.24, 2.45) is 4.99 Å². The van der Waals surface area contributed by atoms with Crippen LogP contribution in [0.15, 0.2) is 35.3 Å². The lowest BCUT2D eigenvalue weighted by Crippen LogP contribution is -2.47. The number of aliphatic imine (C=N–C) groups is 1. The number of carbonyl (C=O) groups is 1. The van der Waals surface area contributed by atoms with E-state index in [-0.39, 0.29) is 11.4 Å². The highest BCUT2D eigenvalue weighted by atomic mass is 16.5. The third-order valence-electron chi connectivity index (χ3n) is 3.13. The average molecular weight is 246 g/mol. The Labute approximate surface area is 107 Å². The van der Waals surface area contributed by atoms with Gasteiger partial charge in [-0.25, -0.2) is 0 Å². The molecule has 0 saturated heterocycles. The number of carbonyl (C=O) groups excluding carboxylic acids is 1. The predicted molar refractivity (Wildman–Crippen MR) is 70.5 cm³/mol. The first-order chi connectivity index (χ1) is 8.56. The molecule has 0 spiro atoms. The van der Waals surface area contributed by atoms with Crippen LogP contribution in [-0.4, -0.2) is 36.3 Å². The van der Waals surface area contributed by atoms with Crippen LogP contribution < -0.4 is 0 Å². The van der Waals surface area contributed by atoms with E-state index in [9.17, 15) is 4.79 Å². The van der Waals surface area contributed by atoms with Crippen LogP contribution in [-0.2, 0) is 9.53 Å². The molecule has 1 aliphatic rings. The summed E-state index contributed by atoms with van der Waals surface area (Å²) in [5.41, 5.74) is 0.587. The summed E-state index contributed by atoms with van der Waals surface area (Å²) in [6.45, 7) is 4.62. The minimum Gasteiger partial charge on any atom is -0.367 e. The van der Waals surface area contributed by atoms with Crippen molar-refractivity contribution in [3.8, 4) is 0 Å². The zero-order chi connectivity index (χ0) is 13.2. The maximum absolute atomic E-state index is 12.5. The van der Waals surface area contributed by atoms with Crippen molar-refractivity contribution in [2.75, 3.05) is 13.7 Å². The van der Waals surface area contributed by atoms with Gasteiger partial charge in [0.15, 0.2) is 6.10 Å². The van der Waals surface area contributed by atoms with Crippen molar-refractivity contribution in [3.05, 3.63) is 35.9 Å². The fourth-order valence-corrected chi connectivity index (χ4v) is 2.07. The lowest BCUT2D eigenvalue weighted by molar-refractivity contribution is -0.141. The maximum atomic E-state index is 12.5. The van der Waals surface area contributed by atoms with Crippen LogP contribution in [0.4, 0.5) is 0 Å². The number of nitrogens with zero attached hydrogens (tertiary/aromatic N) is 2. The smallest absolute Gasteiger partial charge is 0.261 e. The van der Waals surface area contributed by atoms with Gasteiger partial charge in [-0.15, -0.1) is 0 Å². The summed E-state index contributed by atoms with van der Waals surface area (Å²) in [6, 6.07) is 9.51. The van der Waals surface area contributed by atoms with E-state index in [1.54, 1.807) is 18.3 Å². The van der Waals surface area contributed by atoms with Crippen molar-refractivity contribution >= 4 is 12.2 Å². The number of hydrogen-bond donors (Lipinski definition) is 0. The number of hydrogen-bond acceptors (Lipinski definition) is 3. The summed E-state index contributed by atoms with van der Waals surface area (Å²) in [6.07, 6.45) is 1.03. The number of methoxy groups -OCH3 is 1. The van der Waals surface area contributed by atoms with E-state index in [0.717, 1.165) is 5.56 Å². The molecule has 4 nitrogen and oxygen atoms in total. The first-order valence-corrected chi connectivity index (χ1v) is 5.97. The van der Waals surface area contributed by atoms with E-state index in [1.807, 2.05) is 44.2 Å². The quantitative estimate of drug-likeness (QED) is 0.818. The molecule has 0 saturated carbocycles. The normalized spacial score (nSPS) is 18.9. The van der Waals surface area contributed by atoms with E-state index >= 15 is 0 Å². The van der Waals surface area contributed by atoms with Gasteiger partial charge >= 0.3 is 0 Å².